The van der Waals surface area contributed by atoms with Crippen molar-refractivity contribution < 1.29 is 9.53 Å². The highest BCUT2D eigenvalue weighted by Crippen LogP contribution is 2.27. The highest BCUT2D eigenvalue weighted by atomic mass is 79.9. The molecule has 0 aliphatic heterocycles. The highest BCUT2D eigenvalue weighted by Gasteiger charge is 2.27. The Balaban J connectivity index is 1.82. The zero-order chi connectivity index (χ0) is 15.2. The minimum absolute atomic E-state index is 0.0176. The first kappa shape index (κ1) is 16.5. The van der Waals surface area contributed by atoms with Gasteiger partial charge in [-0.3, -0.25) is 4.79 Å². The van der Waals surface area contributed by atoms with Gasteiger partial charge in [0.25, 0.3) is 0 Å². The van der Waals surface area contributed by atoms with Gasteiger partial charge < -0.3 is 10.1 Å². The molecule has 1 aromatic rings. The van der Waals surface area contributed by atoms with Crippen molar-refractivity contribution in [1.29, 1.82) is 0 Å². The first-order valence-corrected chi connectivity index (χ1v) is 8.57. The highest BCUT2D eigenvalue weighted by molar-refractivity contribution is 9.10. The minimum Gasteiger partial charge on any atom is -0.466 e. The number of ether oxygens (including phenoxy) is 1. The van der Waals surface area contributed by atoms with Crippen molar-refractivity contribution in [3.63, 3.8) is 0 Å². The lowest BCUT2D eigenvalue weighted by atomic mass is 9.85. The zero-order valence-corrected chi connectivity index (χ0v) is 14.4. The Kier molecular flexibility index (Phi) is 6.24. The van der Waals surface area contributed by atoms with Gasteiger partial charge >= 0.3 is 5.97 Å². The summed E-state index contributed by atoms with van der Waals surface area (Å²) in [6.07, 6.45) is 3.95. The molecule has 3 nitrogen and oxygen atoms in total. The zero-order valence-electron chi connectivity index (χ0n) is 12.8. The van der Waals surface area contributed by atoms with Crippen LogP contribution in [0, 0.1) is 5.92 Å². The molecule has 0 spiro atoms. The van der Waals surface area contributed by atoms with Gasteiger partial charge in [-0.05, 0) is 57.2 Å². The van der Waals surface area contributed by atoms with Gasteiger partial charge in [-0.15, -0.1) is 0 Å². The number of esters is 1. The summed E-state index contributed by atoms with van der Waals surface area (Å²) in [5, 5.41) is 3.68. The maximum absolute atomic E-state index is 11.7. The molecule has 2 rings (SSSR count). The van der Waals surface area contributed by atoms with Crippen LogP contribution in [0.5, 0.6) is 0 Å². The molecule has 0 bridgehead atoms. The molecule has 4 heteroatoms. The van der Waals surface area contributed by atoms with Crippen LogP contribution in [0.15, 0.2) is 28.7 Å². The fourth-order valence-corrected chi connectivity index (χ4v) is 3.40. The summed E-state index contributed by atoms with van der Waals surface area (Å²) in [7, 11) is 0. The molecule has 0 saturated heterocycles. The monoisotopic (exact) mass is 353 g/mol. The molecule has 1 saturated carbocycles. The molecule has 116 valence electrons. The van der Waals surface area contributed by atoms with Crippen molar-refractivity contribution in [2.45, 2.75) is 51.6 Å². The summed E-state index contributed by atoms with van der Waals surface area (Å²) in [5.41, 5.74) is 1.29. The van der Waals surface area contributed by atoms with Crippen molar-refractivity contribution in [3.05, 3.63) is 34.3 Å². The fraction of sp³-hybridized carbons (Fsp3) is 0.588. The Labute approximate surface area is 135 Å². The Hall–Kier alpha value is -0.870. The quantitative estimate of drug-likeness (QED) is 0.805. The van der Waals surface area contributed by atoms with Crippen LogP contribution < -0.4 is 5.32 Å². The van der Waals surface area contributed by atoms with E-state index in [4.69, 9.17) is 4.74 Å². The number of nitrogens with one attached hydrogen (secondary N) is 1. The molecular weight excluding hydrogens is 330 g/mol. The SMILES string of the molecule is CCOC(=O)C1CCC(NC(C)c2cccc(Br)c2)CC1. The number of halogens is 1. The van der Waals surface area contributed by atoms with Gasteiger partial charge in [-0.2, -0.15) is 0 Å². The molecule has 1 N–H and O–H groups in total. The number of carbonyl (C=O) groups is 1. The van der Waals surface area contributed by atoms with Crippen LogP contribution >= 0.6 is 15.9 Å². The van der Waals surface area contributed by atoms with E-state index in [9.17, 15) is 4.79 Å². The van der Waals surface area contributed by atoms with Gasteiger partial charge in [0.15, 0.2) is 0 Å². The van der Waals surface area contributed by atoms with Gasteiger partial charge in [0.05, 0.1) is 12.5 Å². The van der Waals surface area contributed by atoms with Gasteiger partial charge in [0.2, 0.25) is 0 Å². The number of carbonyl (C=O) groups excluding carboxylic acids is 1. The second kappa shape index (κ2) is 7.95. The van der Waals surface area contributed by atoms with Crippen LogP contribution in [0.3, 0.4) is 0 Å². The minimum atomic E-state index is -0.0176. The smallest absolute Gasteiger partial charge is 0.308 e. The predicted molar refractivity (Wildman–Crippen MR) is 88.1 cm³/mol. The van der Waals surface area contributed by atoms with Gasteiger partial charge in [-0.25, -0.2) is 0 Å². The Morgan fingerprint density at radius 3 is 2.71 bits per heavy atom. The molecule has 1 aliphatic rings. The average molecular weight is 354 g/mol. The van der Waals surface area contributed by atoms with Crippen LogP contribution in [0.4, 0.5) is 0 Å². The van der Waals surface area contributed by atoms with Crippen molar-refractivity contribution in [2.75, 3.05) is 6.61 Å². The molecule has 0 radical (unpaired) electrons. The van der Waals surface area contributed by atoms with E-state index < -0.39 is 0 Å². The molecule has 1 aromatic carbocycles. The average Bonchev–Trinajstić information content (AvgIpc) is 2.48. The third-order valence-electron chi connectivity index (χ3n) is 4.18. The molecule has 0 aromatic heterocycles. The van der Waals surface area contributed by atoms with E-state index in [-0.39, 0.29) is 11.9 Å². The van der Waals surface area contributed by atoms with E-state index >= 15 is 0 Å². The van der Waals surface area contributed by atoms with Crippen molar-refractivity contribution in [3.8, 4) is 0 Å². The molecule has 1 aliphatic carbocycles. The van der Waals surface area contributed by atoms with Crippen LogP contribution in [-0.2, 0) is 9.53 Å². The van der Waals surface area contributed by atoms with Crippen LogP contribution in [0.2, 0.25) is 0 Å². The summed E-state index contributed by atoms with van der Waals surface area (Å²) >= 11 is 3.51. The summed E-state index contributed by atoms with van der Waals surface area (Å²) < 4.78 is 6.23. The lowest BCUT2D eigenvalue weighted by Gasteiger charge is -2.30. The summed E-state index contributed by atoms with van der Waals surface area (Å²) in [6, 6.07) is 9.22. The second-order valence-electron chi connectivity index (χ2n) is 5.74. The first-order valence-electron chi connectivity index (χ1n) is 7.78. The molecule has 21 heavy (non-hydrogen) atoms. The first-order chi connectivity index (χ1) is 10.1. The summed E-state index contributed by atoms with van der Waals surface area (Å²) in [6.45, 7) is 4.54. The maximum Gasteiger partial charge on any atom is 0.308 e. The number of hydrogen-bond acceptors (Lipinski definition) is 3. The van der Waals surface area contributed by atoms with Crippen molar-refractivity contribution in [1.82, 2.24) is 5.32 Å². The van der Waals surface area contributed by atoms with E-state index in [2.05, 4.69) is 46.4 Å². The number of rotatable bonds is 5. The van der Waals surface area contributed by atoms with Crippen molar-refractivity contribution in [2.24, 2.45) is 5.92 Å². The van der Waals surface area contributed by atoms with E-state index in [1.54, 1.807) is 0 Å². The second-order valence-corrected chi connectivity index (χ2v) is 6.66. The van der Waals surface area contributed by atoms with E-state index in [0.717, 1.165) is 30.2 Å². The number of hydrogen-bond donors (Lipinski definition) is 1. The summed E-state index contributed by atoms with van der Waals surface area (Å²) in [4.78, 5) is 11.7. The lowest BCUT2D eigenvalue weighted by Crippen LogP contribution is -2.36. The summed E-state index contributed by atoms with van der Waals surface area (Å²) in [5.74, 6) is 0.0835. The molecular formula is C17H24BrNO2. The molecule has 1 unspecified atom stereocenters. The topological polar surface area (TPSA) is 38.3 Å². The molecule has 0 heterocycles. The van der Waals surface area contributed by atoms with Crippen LogP contribution in [0.1, 0.15) is 51.1 Å². The predicted octanol–water partition coefficient (Wildman–Crippen LogP) is 4.22. The van der Waals surface area contributed by atoms with Gasteiger partial charge in [0, 0.05) is 16.6 Å². The molecule has 1 atom stereocenters. The number of benzene rings is 1. The molecule has 1 fully saturated rings. The van der Waals surface area contributed by atoms with Crippen molar-refractivity contribution >= 4 is 21.9 Å². The Bertz CT molecular complexity index is 470. The third kappa shape index (κ3) is 4.82. The third-order valence-corrected chi connectivity index (χ3v) is 4.67. The van der Waals surface area contributed by atoms with Crippen LogP contribution in [0.25, 0.3) is 0 Å². The molecule has 0 amide bonds. The standard InChI is InChI=1S/C17H24BrNO2/c1-3-21-17(20)13-7-9-16(10-8-13)19-12(2)14-5-4-6-15(18)11-14/h4-6,11-13,16,19H,3,7-10H2,1-2H3. The van der Waals surface area contributed by atoms with E-state index in [1.165, 1.54) is 5.56 Å². The van der Waals surface area contributed by atoms with E-state index in [0.29, 0.717) is 18.7 Å². The van der Waals surface area contributed by atoms with E-state index in [1.807, 2.05) is 13.0 Å². The fourth-order valence-electron chi connectivity index (χ4n) is 2.98. The Morgan fingerprint density at radius 1 is 1.38 bits per heavy atom. The largest absolute Gasteiger partial charge is 0.466 e. The maximum atomic E-state index is 11.7. The normalized spacial score (nSPS) is 23.6. The lowest BCUT2D eigenvalue weighted by molar-refractivity contribution is -0.149. The Morgan fingerprint density at radius 2 is 2.10 bits per heavy atom. The van der Waals surface area contributed by atoms with Crippen LogP contribution in [-0.4, -0.2) is 18.6 Å². The van der Waals surface area contributed by atoms with Gasteiger partial charge in [0.1, 0.15) is 0 Å². The van der Waals surface area contributed by atoms with Gasteiger partial charge in [-0.1, -0.05) is 28.1 Å².